The van der Waals surface area contributed by atoms with Gasteiger partial charge >= 0.3 is 0 Å². The Morgan fingerprint density at radius 3 is 2.79 bits per heavy atom. The highest BCUT2D eigenvalue weighted by Gasteiger charge is 2.23. The van der Waals surface area contributed by atoms with Gasteiger partial charge in [0.2, 0.25) is 5.91 Å². The number of nitrogens with one attached hydrogen (secondary N) is 1. The van der Waals surface area contributed by atoms with Gasteiger partial charge in [0, 0.05) is 12.6 Å². The lowest BCUT2D eigenvalue weighted by Crippen LogP contribution is -2.30. The summed E-state index contributed by atoms with van der Waals surface area (Å²) in [6.45, 7) is 0.499. The second-order valence-electron chi connectivity index (χ2n) is 5.05. The molecule has 0 spiro atoms. The first-order valence-electron chi connectivity index (χ1n) is 6.43. The Bertz CT molecular complexity index is 465. The van der Waals surface area contributed by atoms with Gasteiger partial charge in [-0.1, -0.05) is 6.07 Å². The van der Waals surface area contributed by atoms with Gasteiger partial charge in [0.25, 0.3) is 0 Å². The van der Waals surface area contributed by atoms with Gasteiger partial charge in [-0.15, -0.1) is 0 Å². The minimum absolute atomic E-state index is 0.0958. The summed E-state index contributed by atoms with van der Waals surface area (Å²) >= 11 is 0. The Kier molecular flexibility index (Phi) is 4.47. The lowest BCUT2D eigenvalue weighted by Gasteiger charge is -2.11. The van der Waals surface area contributed by atoms with Crippen LogP contribution in [0.2, 0.25) is 0 Å². The number of carbonyl (C=O) groups is 1. The summed E-state index contributed by atoms with van der Waals surface area (Å²) < 4.78 is 26.1. The third-order valence-corrected chi connectivity index (χ3v) is 3.47. The molecule has 0 heterocycles. The second-order valence-corrected chi connectivity index (χ2v) is 5.05. The van der Waals surface area contributed by atoms with Crippen LogP contribution < -0.4 is 5.32 Å². The van der Waals surface area contributed by atoms with Crippen LogP contribution in [0.25, 0.3) is 0 Å². The predicted octanol–water partition coefficient (Wildman–Crippen LogP) is 1.78. The van der Waals surface area contributed by atoms with Crippen LogP contribution in [-0.2, 0) is 11.2 Å². The fourth-order valence-corrected chi connectivity index (χ4v) is 2.39. The van der Waals surface area contributed by atoms with Crippen molar-refractivity contribution < 1.29 is 18.7 Å². The number of rotatable bonds is 4. The van der Waals surface area contributed by atoms with Gasteiger partial charge < -0.3 is 10.4 Å². The fourth-order valence-electron chi connectivity index (χ4n) is 2.39. The van der Waals surface area contributed by atoms with E-state index in [0.29, 0.717) is 13.0 Å². The van der Waals surface area contributed by atoms with Gasteiger partial charge in [-0.2, -0.15) is 0 Å². The average molecular weight is 269 g/mol. The van der Waals surface area contributed by atoms with Crippen molar-refractivity contribution in [3.05, 3.63) is 35.4 Å². The Labute approximate surface area is 110 Å². The summed E-state index contributed by atoms with van der Waals surface area (Å²) in [5.41, 5.74) is 0.186. The van der Waals surface area contributed by atoms with Gasteiger partial charge in [-0.3, -0.25) is 4.79 Å². The molecule has 0 radical (unpaired) electrons. The standard InChI is InChI=1S/C14H17F2NO2/c15-11-3-2-10(13(16)7-11)6-14(19)17-8-9-1-4-12(18)5-9/h2-3,7,9,12,18H,1,4-6,8H2,(H,17,19). The molecule has 1 aliphatic rings. The molecule has 1 aromatic carbocycles. The molecule has 0 aliphatic heterocycles. The van der Waals surface area contributed by atoms with Gasteiger partial charge in [0.15, 0.2) is 0 Å². The highest BCUT2D eigenvalue weighted by atomic mass is 19.1. The molecule has 2 atom stereocenters. The molecule has 0 saturated heterocycles. The van der Waals surface area contributed by atoms with E-state index >= 15 is 0 Å². The molecule has 1 fully saturated rings. The first kappa shape index (κ1) is 13.9. The SMILES string of the molecule is O=C(Cc1ccc(F)cc1F)NCC1CCC(O)C1. The number of amides is 1. The highest BCUT2D eigenvalue weighted by Crippen LogP contribution is 2.24. The van der Waals surface area contributed by atoms with Gasteiger partial charge in [-0.05, 0) is 36.8 Å². The Morgan fingerprint density at radius 1 is 1.37 bits per heavy atom. The lowest BCUT2D eigenvalue weighted by molar-refractivity contribution is -0.120. The van der Waals surface area contributed by atoms with E-state index in [-0.39, 0.29) is 29.9 Å². The quantitative estimate of drug-likeness (QED) is 0.875. The number of halogens is 2. The van der Waals surface area contributed by atoms with Crippen molar-refractivity contribution in [3.63, 3.8) is 0 Å². The van der Waals surface area contributed by atoms with Crippen LogP contribution in [0.5, 0.6) is 0 Å². The van der Waals surface area contributed by atoms with E-state index in [1.807, 2.05) is 0 Å². The van der Waals surface area contributed by atoms with Crippen molar-refractivity contribution >= 4 is 5.91 Å². The highest BCUT2D eigenvalue weighted by molar-refractivity contribution is 5.78. The number of aliphatic hydroxyl groups is 1. The Morgan fingerprint density at radius 2 is 2.16 bits per heavy atom. The molecule has 104 valence electrons. The maximum absolute atomic E-state index is 13.4. The molecular formula is C14H17F2NO2. The monoisotopic (exact) mass is 269 g/mol. The summed E-state index contributed by atoms with van der Waals surface area (Å²) in [7, 11) is 0. The van der Waals surface area contributed by atoms with Crippen molar-refractivity contribution in [2.45, 2.75) is 31.8 Å². The van der Waals surface area contributed by atoms with E-state index < -0.39 is 11.6 Å². The molecule has 19 heavy (non-hydrogen) atoms. The number of benzene rings is 1. The van der Waals surface area contributed by atoms with Crippen molar-refractivity contribution in [3.8, 4) is 0 Å². The third kappa shape index (κ3) is 3.99. The van der Waals surface area contributed by atoms with Crippen LogP contribution in [0.4, 0.5) is 8.78 Å². The van der Waals surface area contributed by atoms with Crippen molar-refractivity contribution in [2.75, 3.05) is 6.54 Å². The zero-order chi connectivity index (χ0) is 13.8. The van der Waals surface area contributed by atoms with E-state index in [2.05, 4.69) is 5.32 Å². The normalized spacial score (nSPS) is 22.5. The van der Waals surface area contributed by atoms with Gasteiger partial charge in [0.05, 0.1) is 12.5 Å². The molecular weight excluding hydrogens is 252 g/mol. The average Bonchev–Trinajstić information content (AvgIpc) is 2.76. The Hall–Kier alpha value is -1.49. The van der Waals surface area contributed by atoms with E-state index in [1.165, 1.54) is 6.07 Å². The second kappa shape index (κ2) is 6.10. The summed E-state index contributed by atoms with van der Waals surface area (Å²) in [5, 5.41) is 12.1. The summed E-state index contributed by atoms with van der Waals surface area (Å²) in [6.07, 6.45) is 2.00. The van der Waals surface area contributed by atoms with Gasteiger partial charge in [0.1, 0.15) is 11.6 Å². The molecule has 2 rings (SSSR count). The van der Waals surface area contributed by atoms with Crippen LogP contribution in [0.15, 0.2) is 18.2 Å². The molecule has 2 unspecified atom stereocenters. The largest absolute Gasteiger partial charge is 0.393 e. The molecule has 1 amide bonds. The van der Waals surface area contributed by atoms with E-state index in [4.69, 9.17) is 0 Å². The number of hydrogen-bond donors (Lipinski definition) is 2. The van der Waals surface area contributed by atoms with Gasteiger partial charge in [-0.25, -0.2) is 8.78 Å². The van der Waals surface area contributed by atoms with Crippen LogP contribution in [0, 0.1) is 17.6 Å². The predicted molar refractivity (Wildman–Crippen MR) is 66.4 cm³/mol. The number of aliphatic hydroxyl groups excluding tert-OH is 1. The third-order valence-electron chi connectivity index (χ3n) is 3.47. The fraction of sp³-hybridized carbons (Fsp3) is 0.500. The van der Waals surface area contributed by atoms with E-state index in [9.17, 15) is 18.7 Å². The molecule has 5 heteroatoms. The molecule has 1 aliphatic carbocycles. The minimum atomic E-state index is -0.702. The van der Waals surface area contributed by atoms with Crippen molar-refractivity contribution in [2.24, 2.45) is 5.92 Å². The molecule has 0 aromatic heterocycles. The summed E-state index contributed by atoms with van der Waals surface area (Å²) in [4.78, 5) is 11.7. The number of carbonyl (C=O) groups excluding carboxylic acids is 1. The Balaban J connectivity index is 1.81. The molecule has 2 N–H and O–H groups in total. The molecule has 0 bridgehead atoms. The van der Waals surface area contributed by atoms with Crippen LogP contribution in [0.3, 0.4) is 0 Å². The zero-order valence-corrected chi connectivity index (χ0v) is 10.5. The number of hydrogen-bond acceptors (Lipinski definition) is 2. The maximum Gasteiger partial charge on any atom is 0.224 e. The van der Waals surface area contributed by atoms with Crippen molar-refractivity contribution in [1.82, 2.24) is 5.32 Å². The smallest absolute Gasteiger partial charge is 0.224 e. The zero-order valence-electron chi connectivity index (χ0n) is 10.5. The summed E-state index contributed by atoms with van der Waals surface area (Å²) in [5.74, 6) is -1.35. The first-order valence-corrected chi connectivity index (χ1v) is 6.43. The van der Waals surface area contributed by atoms with E-state index in [0.717, 1.165) is 25.0 Å². The maximum atomic E-state index is 13.4. The molecule has 1 saturated carbocycles. The molecule has 1 aromatic rings. The first-order chi connectivity index (χ1) is 9.04. The minimum Gasteiger partial charge on any atom is -0.393 e. The van der Waals surface area contributed by atoms with Crippen molar-refractivity contribution in [1.29, 1.82) is 0 Å². The van der Waals surface area contributed by atoms with Crippen LogP contribution in [0.1, 0.15) is 24.8 Å². The summed E-state index contributed by atoms with van der Waals surface area (Å²) in [6, 6.07) is 3.19. The molecule has 3 nitrogen and oxygen atoms in total. The topological polar surface area (TPSA) is 49.3 Å². The van der Waals surface area contributed by atoms with E-state index in [1.54, 1.807) is 0 Å². The lowest BCUT2D eigenvalue weighted by atomic mass is 10.1. The van der Waals surface area contributed by atoms with Crippen LogP contribution >= 0.6 is 0 Å². The van der Waals surface area contributed by atoms with Crippen LogP contribution in [-0.4, -0.2) is 23.7 Å².